The Kier molecular flexibility index (Phi) is 4.05. The number of halogens is 5. The minimum absolute atomic E-state index is 0.171. The molecule has 0 N–H and O–H groups in total. The lowest BCUT2D eigenvalue weighted by Gasteiger charge is -2.12. The predicted octanol–water partition coefficient (Wildman–Crippen LogP) is 5.16. The van der Waals surface area contributed by atoms with Crippen LogP contribution < -0.4 is 4.74 Å². The summed E-state index contributed by atoms with van der Waals surface area (Å²) in [5, 5.41) is 7.85. The largest absolute Gasteiger partial charge is 0.457 e. The van der Waals surface area contributed by atoms with Gasteiger partial charge < -0.3 is 4.74 Å². The van der Waals surface area contributed by atoms with Gasteiger partial charge in [0.25, 0.3) is 0 Å². The van der Waals surface area contributed by atoms with Crippen molar-refractivity contribution in [1.29, 1.82) is 5.26 Å². The molecular weight excluding hydrogens is 310 g/mol. The summed E-state index contributed by atoms with van der Waals surface area (Å²) in [6.07, 6.45) is -4.88. The molecule has 21 heavy (non-hydrogen) atoms. The maximum atomic E-state index is 13.5. The van der Waals surface area contributed by atoms with Gasteiger partial charge in [-0.2, -0.15) is 18.4 Å². The molecule has 0 aliphatic rings. The smallest absolute Gasteiger partial charge is 0.420 e. The Balaban J connectivity index is 2.32. The highest BCUT2D eigenvalue weighted by Crippen LogP contribution is 2.39. The summed E-state index contributed by atoms with van der Waals surface area (Å²) in [6, 6.07) is 9.16. The van der Waals surface area contributed by atoms with Crippen LogP contribution in [-0.4, -0.2) is 0 Å². The molecule has 0 aliphatic heterocycles. The van der Waals surface area contributed by atoms with Crippen LogP contribution in [0.1, 0.15) is 11.1 Å². The van der Waals surface area contributed by atoms with E-state index in [0.717, 1.165) is 6.07 Å². The van der Waals surface area contributed by atoms with Gasteiger partial charge in [-0.25, -0.2) is 4.39 Å². The number of nitrogens with zero attached hydrogens (tertiary/aromatic N) is 1. The Labute approximate surface area is 122 Å². The van der Waals surface area contributed by atoms with Crippen molar-refractivity contribution in [3.8, 4) is 17.6 Å². The standard InChI is InChI=1S/C14H6ClF4NO/c15-11-5-10(6-12(16)13(11)14(17,18)19)21-9-3-1-8(7-20)2-4-9/h1-6H. The highest BCUT2D eigenvalue weighted by Gasteiger charge is 2.37. The summed E-state index contributed by atoms with van der Waals surface area (Å²) in [5.74, 6) is -1.45. The van der Waals surface area contributed by atoms with Crippen molar-refractivity contribution in [1.82, 2.24) is 0 Å². The van der Waals surface area contributed by atoms with Crippen LogP contribution in [0.25, 0.3) is 0 Å². The van der Waals surface area contributed by atoms with Gasteiger partial charge in [0.05, 0.1) is 16.7 Å². The van der Waals surface area contributed by atoms with Crippen molar-refractivity contribution in [2.75, 3.05) is 0 Å². The number of hydrogen-bond acceptors (Lipinski definition) is 2. The van der Waals surface area contributed by atoms with Crippen molar-refractivity contribution in [2.45, 2.75) is 6.18 Å². The van der Waals surface area contributed by atoms with Crippen molar-refractivity contribution in [3.63, 3.8) is 0 Å². The SMILES string of the molecule is N#Cc1ccc(Oc2cc(F)c(C(F)(F)F)c(Cl)c2)cc1. The fourth-order valence-corrected chi connectivity index (χ4v) is 1.92. The predicted molar refractivity (Wildman–Crippen MR) is 67.6 cm³/mol. The van der Waals surface area contributed by atoms with Gasteiger partial charge in [-0.3, -0.25) is 0 Å². The molecule has 0 unspecified atom stereocenters. The Morgan fingerprint density at radius 1 is 1.05 bits per heavy atom. The molecule has 0 aliphatic carbocycles. The first-order chi connectivity index (χ1) is 9.81. The molecule has 108 valence electrons. The maximum Gasteiger partial charge on any atom is 0.420 e. The first-order valence-corrected chi connectivity index (χ1v) is 5.93. The van der Waals surface area contributed by atoms with E-state index in [2.05, 4.69) is 0 Å². The van der Waals surface area contributed by atoms with E-state index < -0.39 is 22.6 Å². The summed E-state index contributed by atoms with van der Waals surface area (Å²) in [5.41, 5.74) is -1.14. The number of nitriles is 1. The summed E-state index contributed by atoms with van der Waals surface area (Å²) in [7, 11) is 0. The quantitative estimate of drug-likeness (QED) is 0.717. The molecule has 0 bridgehead atoms. The molecule has 2 aromatic rings. The first-order valence-electron chi connectivity index (χ1n) is 5.55. The molecule has 2 rings (SSSR count). The Hall–Kier alpha value is -2.26. The molecule has 0 radical (unpaired) electrons. The topological polar surface area (TPSA) is 33.0 Å². The molecule has 0 spiro atoms. The summed E-state index contributed by atoms with van der Waals surface area (Å²) < 4.78 is 56.4. The van der Waals surface area contributed by atoms with E-state index in [1.165, 1.54) is 24.3 Å². The zero-order valence-corrected chi connectivity index (χ0v) is 11.0. The molecule has 0 saturated heterocycles. The molecule has 7 heteroatoms. The molecule has 2 aromatic carbocycles. The number of ether oxygens (including phenoxy) is 1. The highest BCUT2D eigenvalue weighted by atomic mass is 35.5. The number of benzene rings is 2. The average molecular weight is 316 g/mol. The zero-order chi connectivity index (χ0) is 15.6. The van der Waals surface area contributed by atoms with E-state index in [4.69, 9.17) is 21.6 Å². The maximum absolute atomic E-state index is 13.5. The Morgan fingerprint density at radius 2 is 1.67 bits per heavy atom. The first kappa shape index (κ1) is 15.1. The lowest BCUT2D eigenvalue weighted by atomic mass is 10.2. The van der Waals surface area contributed by atoms with Gasteiger partial charge in [0.2, 0.25) is 0 Å². The van der Waals surface area contributed by atoms with Crippen molar-refractivity contribution in [3.05, 3.63) is 58.4 Å². The Bertz CT molecular complexity index is 681. The van der Waals surface area contributed by atoms with Gasteiger partial charge in [0.1, 0.15) is 22.9 Å². The summed E-state index contributed by atoms with van der Waals surface area (Å²) >= 11 is 5.45. The Morgan fingerprint density at radius 3 is 2.14 bits per heavy atom. The van der Waals surface area contributed by atoms with E-state index >= 15 is 0 Å². The normalized spacial score (nSPS) is 11.0. The third-order valence-corrected chi connectivity index (χ3v) is 2.82. The lowest BCUT2D eigenvalue weighted by molar-refractivity contribution is -0.139. The zero-order valence-electron chi connectivity index (χ0n) is 10.2. The van der Waals surface area contributed by atoms with Gasteiger partial charge in [-0.1, -0.05) is 11.6 Å². The van der Waals surface area contributed by atoms with Gasteiger partial charge in [-0.05, 0) is 24.3 Å². The second-order valence-electron chi connectivity index (χ2n) is 4.00. The lowest BCUT2D eigenvalue weighted by Crippen LogP contribution is -2.09. The molecule has 0 atom stereocenters. The molecule has 0 saturated carbocycles. The van der Waals surface area contributed by atoms with Crippen LogP contribution in [0.3, 0.4) is 0 Å². The molecular formula is C14H6ClF4NO. The van der Waals surface area contributed by atoms with Crippen molar-refractivity contribution >= 4 is 11.6 Å². The van der Waals surface area contributed by atoms with Crippen LogP contribution in [0.15, 0.2) is 36.4 Å². The fraction of sp³-hybridized carbons (Fsp3) is 0.0714. The van der Waals surface area contributed by atoms with Crippen molar-refractivity contribution in [2.24, 2.45) is 0 Å². The summed E-state index contributed by atoms with van der Waals surface area (Å²) in [4.78, 5) is 0. The van der Waals surface area contributed by atoms with E-state index in [9.17, 15) is 17.6 Å². The minimum atomic E-state index is -4.88. The minimum Gasteiger partial charge on any atom is -0.457 e. The van der Waals surface area contributed by atoms with E-state index in [1.54, 1.807) is 0 Å². The van der Waals surface area contributed by atoms with Crippen LogP contribution in [-0.2, 0) is 6.18 Å². The molecule has 0 amide bonds. The number of rotatable bonds is 2. The summed E-state index contributed by atoms with van der Waals surface area (Å²) in [6.45, 7) is 0. The third-order valence-electron chi connectivity index (χ3n) is 2.52. The van der Waals surface area contributed by atoms with Gasteiger partial charge in [-0.15, -0.1) is 0 Å². The fourth-order valence-electron chi connectivity index (χ4n) is 1.61. The van der Waals surface area contributed by atoms with Gasteiger partial charge in [0.15, 0.2) is 0 Å². The van der Waals surface area contributed by atoms with Crippen LogP contribution in [0.5, 0.6) is 11.5 Å². The van der Waals surface area contributed by atoms with E-state index in [-0.39, 0.29) is 11.5 Å². The second kappa shape index (κ2) is 5.62. The number of hydrogen-bond donors (Lipinski definition) is 0. The van der Waals surface area contributed by atoms with Crippen LogP contribution in [0, 0.1) is 17.1 Å². The van der Waals surface area contributed by atoms with Crippen LogP contribution >= 0.6 is 11.6 Å². The molecule has 0 heterocycles. The average Bonchev–Trinajstić information content (AvgIpc) is 2.37. The van der Waals surface area contributed by atoms with Gasteiger partial charge >= 0.3 is 6.18 Å². The van der Waals surface area contributed by atoms with Crippen molar-refractivity contribution < 1.29 is 22.3 Å². The van der Waals surface area contributed by atoms with Gasteiger partial charge in [0, 0.05) is 12.1 Å². The third kappa shape index (κ3) is 3.44. The van der Waals surface area contributed by atoms with Crippen LogP contribution in [0.2, 0.25) is 5.02 Å². The molecule has 0 aromatic heterocycles. The molecule has 2 nitrogen and oxygen atoms in total. The van der Waals surface area contributed by atoms with E-state index in [0.29, 0.717) is 11.6 Å². The number of alkyl halides is 3. The molecule has 0 fully saturated rings. The highest BCUT2D eigenvalue weighted by molar-refractivity contribution is 6.31. The monoisotopic (exact) mass is 315 g/mol. The second-order valence-corrected chi connectivity index (χ2v) is 4.41. The van der Waals surface area contributed by atoms with E-state index in [1.807, 2.05) is 6.07 Å². The van der Waals surface area contributed by atoms with Crippen LogP contribution in [0.4, 0.5) is 17.6 Å².